The van der Waals surface area contributed by atoms with E-state index in [9.17, 15) is 4.79 Å². The van der Waals surface area contributed by atoms with E-state index >= 15 is 0 Å². The van der Waals surface area contributed by atoms with Gasteiger partial charge in [-0.15, -0.1) is 0 Å². The summed E-state index contributed by atoms with van der Waals surface area (Å²) in [5.41, 5.74) is 3.18. The third-order valence-electron chi connectivity index (χ3n) is 3.12. The molecule has 4 heteroatoms. The van der Waals surface area contributed by atoms with Crippen molar-refractivity contribution in [3.05, 3.63) is 71.3 Å². The minimum Gasteiger partial charge on any atom is -0.264 e. The lowest BCUT2D eigenvalue weighted by atomic mass is 10.1. The maximum Gasteiger partial charge on any atom is 0.302 e. The van der Waals surface area contributed by atoms with E-state index in [1.54, 1.807) is 4.90 Å². The Morgan fingerprint density at radius 2 is 1.50 bits per heavy atom. The quantitative estimate of drug-likeness (QED) is 0.693. The highest BCUT2D eigenvalue weighted by Crippen LogP contribution is 2.48. The van der Waals surface area contributed by atoms with Gasteiger partial charge in [0.1, 0.15) is 0 Å². The Labute approximate surface area is 126 Å². The molecule has 0 radical (unpaired) electrons. The molecule has 2 aromatic carbocycles. The van der Waals surface area contributed by atoms with E-state index < -0.39 is 0 Å². The fourth-order valence-corrected chi connectivity index (χ4v) is 4.33. The lowest BCUT2D eigenvalue weighted by Crippen LogP contribution is -2.20. The van der Waals surface area contributed by atoms with E-state index in [0.717, 1.165) is 21.9 Å². The molecular weight excluding hydrogens is 286 g/mol. The third-order valence-corrected chi connectivity index (χ3v) is 5.33. The van der Waals surface area contributed by atoms with Gasteiger partial charge in [0.05, 0.1) is 10.7 Å². The second kappa shape index (κ2) is 5.77. The van der Waals surface area contributed by atoms with E-state index in [0.29, 0.717) is 0 Å². The molecule has 100 valence electrons. The van der Waals surface area contributed by atoms with E-state index in [-0.39, 0.29) is 5.24 Å². The largest absolute Gasteiger partial charge is 0.302 e. The van der Waals surface area contributed by atoms with Gasteiger partial charge in [0.25, 0.3) is 0 Å². The fraction of sp³-hybridized carbons (Fsp3) is 0.0625. The van der Waals surface area contributed by atoms with Crippen LogP contribution in [-0.2, 0) is 0 Å². The highest BCUT2D eigenvalue weighted by atomic mass is 33.1. The first-order valence-corrected chi connectivity index (χ1v) is 8.42. The molecule has 1 heterocycles. The Morgan fingerprint density at radius 3 is 2.15 bits per heavy atom. The Kier molecular flexibility index (Phi) is 3.85. The number of benzene rings is 2. The molecule has 1 fully saturated rings. The van der Waals surface area contributed by atoms with Crippen molar-refractivity contribution in [2.75, 3.05) is 4.90 Å². The van der Waals surface area contributed by atoms with Crippen LogP contribution in [0.15, 0.2) is 65.7 Å². The molecule has 2 nitrogen and oxygen atoms in total. The van der Waals surface area contributed by atoms with Crippen LogP contribution < -0.4 is 4.90 Å². The molecule has 0 N–H and O–H groups in total. The van der Waals surface area contributed by atoms with Crippen molar-refractivity contribution in [3.63, 3.8) is 0 Å². The van der Waals surface area contributed by atoms with Crippen molar-refractivity contribution >= 4 is 38.1 Å². The standard InChI is InChI=1S/C16H13NOS2/c1-12(13-8-4-2-5-9-13)15-17(16(18)20-19-15)14-10-6-3-7-11-14/h2-11H,1H3/b15-12-. The molecule has 0 bridgehead atoms. The highest BCUT2D eigenvalue weighted by Gasteiger charge is 2.31. The average Bonchev–Trinajstić information content (AvgIpc) is 2.90. The summed E-state index contributed by atoms with van der Waals surface area (Å²) < 4.78 is 0. The van der Waals surface area contributed by atoms with Crippen molar-refractivity contribution in [2.24, 2.45) is 0 Å². The topological polar surface area (TPSA) is 20.3 Å². The number of carbonyl (C=O) groups is 1. The number of anilines is 1. The van der Waals surface area contributed by atoms with Gasteiger partial charge in [0.15, 0.2) is 0 Å². The molecule has 1 amide bonds. The van der Waals surface area contributed by atoms with Crippen molar-refractivity contribution in [3.8, 4) is 0 Å². The number of rotatable bonds is 2. The summed E-state index contributed by atoms with van der Waals surface area (Å²) in [7, 11) is 2.81. The molecule has 20 heavy (non-hydrogen) atoms. The number of hydrogen-bond donors (Lipinski definition) is 0. The first kappa shape index (κ1) is 13.3. The predicted molar refractivity (Wildman–Crippen MR) is 88.5 cm³/mol. The van der Waals surface area contributed by atoms with Crippen LogP contribution in [0.25, 0.3) is 5.57 Å². The zero-order chi connectivity index (χ0) is 13.9. The second-order valence-corrected chi connectivity index (χ2v) is 6.47. The number of para-hydroxylation sites is 1. The number of allylic oxidation sites excluding steroid dienone is 1. The molecule has 1 aliphatic rings. The van der Waals surface area contributed by atoms with Crippen LogP contribution in [-0.4, -0.2) is 5.24 Å². The number of amides is 1. The molecule has 0 aliphatic carbocycles. The monoisotopic (exact) mass is 299 g/mol. The van der Waals surface area contributed by atoms with Crippen LogP contribution in [0.3, 0.4) is 0 Å². The Balaban J connectivity index is 2.07. The van der Waals surface area contributed by atoms with Gasteiger partial charge >= 0.3 is 5.24 Å². The second-order valence-electron chi connectivity index (χ2n) is 4.40. The Hall–Kier alpha value is -1.65. The summed E-state index contributed by atoms with van der Waals surface area (Å²) >= 11 is 0. The Morgan fingerprint density at radius 1 is 0.900 bits per heavy atom. The van der Waals surface area contributed by atoms with Crippen LogP contribution in [0.1, 0.15) is 12.5 Å². The molecule has 1 aliphatic heterocycles. The van der Waals surface area contributed by atoms with Gasteiger partial charge in [-0.2, -0.15) is 0 Å². The summed E-state index contributed by atoms with van der Waals surface area (Å²) in [5.74, 6) is 0. The normalized spacial score (nSPS) is 17.4. The van der Waals surface area contributed by atoms with Crippen LogP contribution in [0.4, 0.5) is 10.5 Å². The Bertz CT molecular complexity index is 653. The van der Waals surface area contributed by atoms with Crippen molar-refractivity contribution < 1.29 is 4.79 Å². The van der Waals surface area contributed by atoms with Gasteiger partial charge in [-0.25, -0.2) is 0 Å². The van der Waals surface area contributed by atoms with Gasteiger partial charge < -0.3 is 0 Å². The maximum absolute atomic E-state index is 12.2. The van der Waals surface area contributed by atoms with Crippen LogP contribution in [0.5, 0.6) is 0 Å². The van der Waals surface area contributed by atoms with E-state index in [2.05, 4.69) is 19.1 Å². The maximum atomic E-state index is 12.2. The lowest BCUT2D eigenvalue weighted by molar-refractivity contribution is 0.267. The lowest BCUT2D eigenvalue weighted by Gasteiger charge is -2.18. The van der Waals surface area contributed by atoms with Gasteiger partial charge in [0.2, 0.25) is 0 Å². The summed E-state index contributed by atoms with van der Waals surface area (Å²) in [6.07, 6.45) is 0. The first-order valence-electron chi connectivity index (χ1n) is 6.27. The first-order chi connectivity index (χ1) is 9.77. The highest BCUT2D eigenvalue weighted by molar-refractivity contribution is 8.84. The minimum absolute atomic E-state index is 0.0616. The number of hydrogen-bond acceptors (Lipinski definition) is 3. The van der Waals surface area contributed by atoms with Crippen LogP contribution in [0.2, 0.25) is 0 Å². The molecule has 0 saturated carbocycles. The molecule has 0 unspecified atom stereocenters. The number of nitrogens with zero attached hydrogens (tertiary/aromatic N) is 1. The van der Waals surface area contributed by atoms with Gasteiger partial charge in [-0.3, -0.25) is 9.69 Å². The predicted octanol–water partition coefficient (Wildman–Crippen LogP) is 5.40. The summed E-state index contributed by atoms with van der Waals surface area (Å²) in [4.78, 5) is 13.9. The van der Waals surface area contributed by atoms with Gasteiger partial charge in [-0.1, -0.05) is 48.5 Å². The fourth-order valence-electron chi connectivity index (χ4n) is 2.07. The molecule has 0 atom stereocenters. The smallest absolute Gasteiger partial charge is 0.264 e. The van der Waals surface area contributed by atoms with Crippen molar-refractivity contribution in [1.82, 2.24) is 0 Å². The van der Waals surface area contributed by atoms with Gasteiger partial charge in [0, 0.05) is 10.8 Å². The SMILES string of the molecule is C/C(=C1/SSC(=O)N1c1ccccc1)c1ccccc1. The zero-order valence-corrected chi connectivity index (χ0v) is 12.6. The summed E-state index contributed by atoms with van der Waals surface area (Å²) in [6, 6.07) is 19.9. The molecule has 3 rings (SSSR count). The molecular formula is C16H13NOS2. The van der Waals surface area contributed by atoms with E-state index in [1.807, 2.05) is 48.5 Å². The summed E-state index contributed by atoms with van der Waals surface area (Å²) in [5, 5.41) is 1.06. The van der Waals surface area contributed by atoms with Crippen LogP contribution in [0, 0.1) is 0 Å². The van der Waals surface area contributed by atoms with E-state index in [4.69, 9.17) is 0 Å². The van der Waals surface area contributed by atoms with E-state index in [1.165, 1.54) is 21.6 Å². The third kappa shape index (κ3) is 2.49. The van der Waals surface area contributed by atoms with Gasteiger partial charge in [-0.05, 0) is 41.0 Å². The molecule has 2 aromatic rings. The molecule has 1 saturated heterocycles. The molecule has 0 aromatic heterocycles. The minimum atomic E-state index is 0.0616. The zero-order valence-electron chi connectivity index (χ0n) is 10.9. The molecule has 0 spiro atoms. The van der Waals surface area contributed by atoms with Crippen molar-refractivity contribution in [2.45, 2.75) is 6.92 Å². The average molecular weight is 299 g/mol. The summed E-state index contributed by atoms with van der Waals surface area (Å²) in [6.45, 7) is 2.06. The van der Waals surface area contributed by atoms with Crippen molar-refractivity contribution in [1.29, 1.82) is 0 Å². The van der Waals surface area contributed by atoms with Crippen LogP contribution >= 0.6 is 21.6 Å². The number of carbonyl (C=O) groups excluding carboxylic acids is 1.